The van der Waals surface area contributed by atoms with Crippen LogP contribution in [0.1, 0.15) is 43.6 Å². The van der Waals surface area contributed by atoms with Crippen molar-refractivity contribution in [2.24, 2.45) is 11.8 Å². The molecule has 1 heterocycles. The highest BCUT2D eigenvalue weighted by Crippen LogP contribution is 2.29. The maximum atomic E-state index is 12.6. The number of rotatable bonds is 4. The lowest BCUT2D eigenvalue weighted by Gasteiger charge is -2.34. The van der Waals surface area contributed by atoms with Gasteiger partial charge in [-0.15, -0.1) is 0 Å². The number of hydrogen-bond donors (Lipinski definition) is 2. The molecule has 26 heavy (non-hydrogen) atoms. The summed E-state index contributed by atoms with van der Waals surface area (Å²) >= 11 is 0. The first kappa shape index (κ1) is 18.1. The molecule has 1 aliphatic carbocycles. The third-order valence-corrected chi connectivity index (χ3v) is 5.42. The Bertz CT molecular complexity index is 905. The zero-order valence-electron chi connectivity index (χ0n) is 14.9. The van der Waals surface area contributed by atoms with Crippen molar-refractivity contribution in [2.45, 2.75) is 45.7 Å². The first-order valence-electron chi connectivity index (χ1n) is 8.91. The van der Waals surface area contributed by atoms with Gasteiger partial charge in [0.2, 0.25) is 5.91 Å². The molecular formula is C19H23N3O4. The van der Waals surface area contributed by atoms with Crippen LogP contribution in [0.4, 0.5) is 0 Å². The van der Waals surface area contributed by atoms with Crippen molar-refractivity contribution in [1.82, 2.24) is 15.1 Å². The second-order valence-electron chi connectivity index (χ2n) is 7.10. The van der Waals surface area contributed by atoms with Crippen LogP contribution in [0, 0.1) is 11.8 Å². The van der Waals surface area contributed by atoms with E-state index in [9.17, 15) is 19.5 Å². The zero-order valence-corrected chi connectivity index (χ0v) is 14.9. The van der Waals surface area contributed by atoms with E-state index in [2.05, 4.69) is 24.3 Å². The van der Waals surface area contributed by atoms with Crippen LogP contribution < -0.4 is 10.9 Å². The highest BCUT2D eigenvalue weighted by Gasteiger charge is 2.28. The predicted octanol–water partition coefficient (Wildman–Crippen LogP) is 2.04. The number of hydrogen-bond acceptors (Lipinski definition) is 4. The van der Waals surface area contributed by atoms with Crippen molar-refractivity contribution in [3.05, 3.63) is 40.3 Å². The van der Waals surface area contributed by atoms with E-state index in [1.165, 1.54) is 0 Å². The number of aromatic nitrogens is 2. The van der Waals surface area contributed by atoms with Gasteiger partial charge in [0, 0.05) is 11.4 Å². The van der Waals surface area contributed by atoms with Gasteiger partial charge in [-0.2, -0.15) is 5.10 Å². The summed E-state index contributed by atoms with van der Waals surface area (Å²) in [5.41, 5.74) is -0.696. The van der Waals surface area contributed by atoms with Crippen molar-refractivity contribution in [3.63, 3.8) is 0 Å². The van der Waals surface area contributed by atoms with E-state index in [0.29, 0.717) is 11.8 Å². The Kier molecular flexibility index (Phi) is 5.06. The number of carbonyl (C=O) groups is 2. The molecule has 0 unspecified atom stereocenters. The van der Waals surface area contributed by atoms with Gasteiger partial charge in [0.1, 0.15) is 6.54 Å². The van der Waals surface area contributed by atoms with Gasteiger partial charge < -0.3 is 10.4 Å². The molecule has 2 N–H and O–H groups in total. The van der Waals surface area contributed by atoms with E-state index in [0.717, 1.165) is 23.9 Å². The first-order valence-corrected chi connectivity index (χ1v) is 8.91. The van der Waals surface area contributed by atoms with E-state index < -0.39 is 11.5 Å². The maximum Gasteiger partial charge on any atom is 0.357 e. The molecule has 1 aromatic heterocycles. The molecule has 1 amide bonds. The summed E-state index contributed by atoms with van der Waals surface area (Å²) in [6.45, 7) is 4.01. The number of carboxylic acid groups (broad SMARTS) is 1. The van der Waals surface area contributed by atoms with Crippen molar-refractivity contribution < 1.29 is 14.7 Å². The van der Waals surface area contributed by atoms with Crippen LogP contribution in [-0.2, 0) is 11.3 Å². The largest absolute Gasteiger partial charge is 0.476 e. The normalized spacial score (nSPS) is 22.9. The average molecular weight is 357 g/mol. The Morgan fingerprint density at radius 1 is 1.23 bits per heavy atom. The molecule has 1 aliphatic rings. The summed E-state index contributed by atoms with van der Waals surface area (Å²) in [5, 5.41) is 16.8. The molecule has 1 saturated carbocycles. The summed E-state index contributed by atoms with van der Waals surface area (Å²) < 4.78 is 0.943. The van der Waals surface area contributed by atoms with Gasteiger partial charge in [0.25, 0.3) is 5.56 Å². The maximum absolute atomic E-state index is 12.6. The fraction of sp³-hybridized carbons (Fsp3) is 0.474. The van der Waals surface area contributed by atoms with Crippen molar-refractivity contribution >= 4 is 22.6 Å². The minimum absolute atomic E-state index is 0.0707. The molecule has 0 aliphatic heterocycles. The number of nitrogens with one attached hydrogen (secondary N) is 1. The van der Waals surface area contributed by atoms with Gasteiger partial charge in [-0.3, -0.25) is 9.59 Å². The Morgan fingerprint density at radius 2 is 1.92 bits per heavy atom. The van der Waals surface area contributed by atoms with E-state index >= 15 is 0 Å². The van der Waals surface area contributed by atoms with Gasteiger partial charge >= 0.3 is 5.97 Å². The second kappa shape index (κ2) is 7.27. The van der Waals surface area contributed by atoms with E-state index in [1.807, 2.05) is 0 Å². The van der Waals surface area contributed by atoms with Crippen molar-refractivity contribution in [3.8, 4) is 0 Å². The van der Waals surface area contributed by atoms with Crippen LogP contribution in [0.25, 0.3) is 10.8 Å². The van der Waals surface area contributed by atoms with E-state index in [4.69, 9.17) is 0 Å². The number of aromatic carboxylic acids is 1. The third kappa shape index (κ3) is 3.47. The minimum atomic E-state index is -1.23. The molecule has 3 atom stereocenters. The molecule has 2 aromatic rings. The van der Waals surface area contributed by atoms with Crippen LogP contribution in [0.2, 0.25) is 0 Å². The van der Waals surface area contributed by atoms with Gasteiger partial charge in [0.05, 0.1) is 5.39 Å². The molecule has 1 fully saturated rings. The summed E-state index contributed by atoms with van der Waals surface area (Å²) in [4.78, 5) is 36.5. The van der Waals surface area contributed by atoms with Gasteiger partial charge in [-0.25, -0.2) is 9.48 Å². The first-order chi connectivity index (χ1) is 12.4. The zero-order chi connectivity index (χ0) is 18.8. The lowest BCUT2D eigenvalue weighted by atomic mass is 9.78. The molecule has 7 nitrogen and oxygen atoms in total. The molecule has 0 saturated heterocycles. The second-order valence-corrected chi connectivity index (χ2v) is 7.10. The lowest BCUT2D eigenvalue weighted by Crippen LogP contribution is -2.46. The topological polar surface area (TPSA) is 101 Å². The summed E-state index contributed by atoms with van der Waals surface area (Å²) in [6.07, 6.45) is 3.13. The molecule has 3 rings (SSSR count). The fourth-order valence-corrected chi connectivity index (χ4v) is 3.67. The Hall–Kier alpha value is -2.70. The summed E-state index contributed by atoms with van der Waals surface area (Å²) in [7, 11) is 0. The third-order valence-electron chi connectivity index (χ3n) is 5.42. The smallest absolute Gasteiger partial charge is 0.357 e. The summed E-state index contributed by atoms with van der Waals surface area (Å²) in [5.74, 6) is -0.653. The molecule has 0 bridgehead atoms. The molecule has 0 radical (unpaired) electrons. The number of amides is 1. The van der Waals surface area contributed by atoms with Crippen LogP contribution in [-0.4, -0.2) is 32.8 Å². The number of nitrogens with zero attached hydrogens (tertiary/aromatic N) is 2. The molecule has 7 heteroatoms. The molecule has 138 valence electrons. The number of carboxylic acids is 1. The van der Waals surface area contributed by atoms with Gasteiger partial charge in [-0.1, -0.05) is 44.9 Å². The van der Waals surface area contributed by atoms with Crippen molar-refractivity contribution in [2.75, 3.05) is 0 Å². The molecular weight excluding hydrogens is 334 g/mol. The Balaban J connectivity index is 1.86. The van der Waals surface area contributed by atoms with Crippen LogP contribution in [0.3, 0.4) is 0 Å². The van der Waals surface area contributed by atoms with Crippen LogP contribution in [0.15, 0.2) is 29.1 Å². The highest BCUT2D eigenvalue weighted by atomic mass is 16.4. The SMILES string of the molecule is C[C@@H]1[C@H](C)CCC[C@@H]1NC(=O)Cn1nc(C(=O)O)c2ccccc2c1=O. The number of benzene rings is 1. The Morgan fingerprint density at radius 3 is 2.62 bits per heavy atom. The van der Waals surface area contributed by atoms with Gasteiger partial charge in [0.15, 0.2) is 5.69 Å². The monoisotopic (exact) mass is 357 g/mol. The van der Waals surface area contributed by atoms with Gasteiger partial charge in [-0.05, 0) is 24.3 Å². The van der Waals surface area contributed by atoms with Crippen LogP contribution >= 0.6 is 0 Å². The predicted molar refractivity (Wildman–Crippen MR) is 97.1 cm³/mol. The molecule has 1 aromatic carbocycles. The quantitative estimate of drug-likeness (QED) is 0.872. The number of carbonyl (C=O) groups excluding carboxylic acids is 1. The van der Waals surface area contributed by atoms with Crippen molar-refractivity contribution in [1.29, 1.82) is 0 Å². The standard InChI is InChI=1S/C19H23N3O4/c1-11-6-5-9-15(12(11)2)20-16(23)10-22-18(24)14-8-4-3-7-13(14)17(21-22)19(25)26/h3-4,7-8,11-12,15H,5-6,9-10H2,1-2H3,(H,20,23)(H,25,26)/t11-,12-,15+/m1/s1. The van der Waals surface area contributed by atoms with Crippen LogP contribution in [0.5, 0.6) is 0 Å². The minimum Gasteiger partial charge on any atom is -0.476 e. The fourth-order valence-electron chi connectivity index (χ4n) is 3.67. The Labute approximate surface area is 151 Å². The van der Waals surface area contributed by atoms with E-state index in [1.54, 1.807) is 24.3 Å². The van der Waals surface area contributed by atoms with E-state index in [-0.39, 0.29) is 35.0 Å². The lowest BCUT2D eigenvalue weighted by molar-refractivity contribution is -0.123. The number of fused-ring (bicyclic) bond motifs is 1. The molecule has 0 spiro atoms. The average Bonchev–Trinajstić information content (AvgIpc) is 2.61. The summed E-state index contributed by atoms with van der Waals surface area (Å²) in [6, 6.07) is 6.47. The highest BCUT2D eigenvalue weighted by molar-refractivity contribution is 6.01.